The Morgan fingerprint density at radius 2 is 2.35 bits per heavy atom. The molecule has 1 amide bonds. The molecule has 0 saturated heterocycles. The lowest BCUT2D eigenvalue weighted by molar-refractivity contribution is -0.120. The molecule has 1 N–H and O–H groups in total. The zero-order chi connectivity index (χ0) is 14.7. The van der Waals surface area contributed by atoms with Gasteiger partial charge in [0, 0.05) is 27.3 Å². The van der Waals surface area contributed by atoms with Crippen molar-refractivity contribution >= 4 is 39.1 Å². The van der Waals surface area contributed by atoms with Gasteiger partial charge in [0.2, 0.25) is 11.8 Å². The monoisotopic (exact) mass is 357 g/mol. The molecule has 20 heavy (non-hydrogen) atoms. The maximum Gasteiger partial charge on any atom is 0.243 e. The molecular weight excluding hydrogens is 342 g/mol. The van der Waals surface area contributed by atoms with Crippen molar-refractivity contribution in [2.75, 3.05) is 12.4 Å². The molecule has 0 unspecified atom stereocenters. The molecular formula is C13H16BrN3O2S. The summed E-state index contributed by atoms with van der Waals surface area (Å²) in [5, 5.41) is 8.49. The van der Waals surface area contributed by atoms with Crippen molar-refractivity contribution in [3.8, 4) is 0 Å². The summed E-state index contributed by atoms with van der Waals surface area (Å²) >= 11 is 5.09. The Balaban J connectivity index is 1.92. The van der Waals surface area contributed by atoms with Crippen LogP contribution in [0.4, 0.5) is 5.88 Å². The van der Waals surface area contributed by atoms with Crippen LogP contribution in [0.5, 0.6) is 0 Å². The van der Waals surface area contributed by atoms with Crippen LogP contribution < -0.4 is 5.32 Å². The van der Waals surface area contributed by atoms with E-state index in [2.05, 4.69) is 32.5 Å². The third-order valence-electron chi connectivity index (χ3n) is 2.94. The van der Waals surface area contributed by atoms with Crippen molar-refractivity contribution < 1.29 is 9.32 Å². The van der Waals surface area contributed by atoms with E-state index >= 15 is 0 Å². The van der Waals surface area contributed by atoms with Gasteiger partial charge in [0.25, 0.3) is 0 Å². The molecule has 0 bridgehead atoms. The van der Waals surface area contributed by atoms with Gasteiger partial charge in [-0.15, -0.1) is 11.3 Å². The van der Waals surface area contributed by atoms with Gasteiger partial charge in [-0.1, -0.05) is 5.16 Å². The molecule has 0 aliphatic rings. The molecule has 0 aliphatic carbocycles. The molecule has 0 fully saturated rings. The van der Waals surface area contributed by atoms with Gasteiger partial charge in [0.1, 0.15) is 0 Å². The first kappa shape index (κ1) is 15.2. The van der Waals surface area contributed by atoms with Crippen molar-refractivity contribution in [3.05, 3.63) is 32.6 Å². The zero-order valence-electron chi connectivity index (χ0n) is 11.5. The van der Waals surface area contributed by atoms with Gasteiger partial charge in [-0.2, -0.15) is 0 Å². The van der Waals surface area contributed by atoms with Crippen molar-refractivity contribution in [2.45, 2.75) is 26.4 Å². The number of halogens is 1. The molecule has 2 aromatic heterocycles. The molecule has 0 spiro atoms. The van der Waals surface area contributed by atoms with Crippen molar-refractivity contribution in [1.29, 1.82) is 0 Å². The summed E-state index contributed by atoms with van der Waals surface area (Å²) in [6.45, 7) is 4.39. The van der Waals surface area contributed by atoms with Crippen LogP contribution in [0.3, 0.4) is 0 Å². The first-order valence-electron chi connectivity index (χ1n) is 6.13. The second kappa shape index (κ2) is 6.51. The highest BCUT2D eigenvalue weighted by atomic mass is 79.9. The van der Waals surface area contributed by atoms with E-state index in [-0.39, 0.29) is 11.9 Å². The minimum Gasteiger partial charge on any atom is -0.338 e. The van der Waals surface area contributed by atoms with Crippen molar-refractivity contribution in [3.63, 3.8) is 0 Å². The van der Waals surface area contributed by atoms with E-state index < -0.39 is 0 Å². The highest BCUT2D eigenvalue weighted by Crippen LogP contribution is 2.21. The lowest BCUT2D eigenvalue weighted by Gasteiger charge is -2.22. The predicted molar refractivity (Wildman–Crippen MR) is 82.8 cm³/mol. The average Bonchev–Trinajstić information content (AvgIpc) is 2.97. The highest BCUT2D eigenvalue weighted by molar-refractivity contribution is 9.10. The van der Waals surface area contributed by atoms with Crippen LogP contribution in [0, 0.1) is 6.92 Å². The summed E-state index contributed by atoms with van der Waals surface area (Å²) in [7, 11) is 1.92. The lowest BCUT2D eigenvalue weighted by atomic mass is 10.2. The van der Waals surface area contributed by atoms with Gasteiger partial charge in [-0.05, 0) is 42.9 Å². The number of carbonyl (C=O) groups is 1. The van der Waals surface area contributed by atoms with Crippen LogP contribution in [-0.4, -0.2) is 29.1 Å². The molecule has 7 heteroatoms. The second-order valence-electron chi connectivity index (χ2n) is 4.64. The standard InChI is InChI=1S/C13H16BrN3O2S/c1-8-4-12(19-16-8)15-13(18)9(2)17(3)6-11-5-10(14)7-20-11/h4-5,7,9H,6H2,1-3H3,(H,15,18)/t9-/m1/s1. The fourth-order valence-corrected chi connectivity index (χ4v) is 3.18. The van der Waals surface area contributed by atoms with E-state index in [0.717, 1.165) is 16.7 Å². The molecule has 0 saturated carbocycles. The molecule has 0 aromatic carbocycles. The molecule has 0 radical (unpaired) electrons. The minimum absolute atomic E-state index is 0.112. The van der Waals surface area contributed by atoms with E-state index in [1.807, 2.05) is 31.2 Å². The normalized spacial score (nSPS) is 12.7. The maximum absolute atomic E-state index is 12.1. The number of hydrogen-bond acceptors (Lipinski definition) is 5. The first-order valence-corrected chi connectivity index (χ1v) is 7.80. The van der Waals surface area contributed by atoms with Crippen molar-refractivity contribution in [1.82, 2.24) is 10.1 Å². The minimum atomic E-state index is -0.263. The summed E-state index contributed by atoms with van der Waals surface area (Å²) in [5.41, 5.74) is 0.741. The number of anilines is 1. The smallest absolute Gasteiger partial charge is 0.243 e. The van der Waals surface area contributed by atoms with Crippen molar-refractivity contribution in [2.24, 2.45) is 0 Å². The van der Waals surface area contributed by atoms with Gasteiger partial charge < -0.3 is 4.52 Å². The van der Waals surface area contributed by atoms with Gasteiger partial charge in [-0.25, -0.2) is 0 Å². The summed E-state index contributed by atoms with van der Waals surface area (Å²) in [5.74, 6) is 0.269. The topological polar surface area (TPSA) is 58.4 Å². The summed E-state index contributed by atoms with van der Waals surface area (Å²) in [6, 6.07) is 3.49. The lowest BCUT2D eigenvalue weighted by Crippen LogP contribution is -2.38. The first-order chi connectivity index (χ1) is 9.45. The molecule has 2 heterocycles. The van der Waals surface area contributed by atoms with Crippen LogP contribution in [0.15, 0.2) is 26.5 Å². The Hall–Kier alpha value is -1.18. The second-order valence-corrected chi connectivity index (χ2v) is 6.56. The fraction of sp³-hybridized carbons (Fsp3) is 0.385. The Morgan fingerprint density at radius 1 is 1.60 bits per heavy atom. The van der Waals surface area contributed by atoms with Crippen LogP contribution in [0.2, 0.25) is 0 Å². The highest BCUT2D eigenvalue weighted by Gasteiger charge is 2.20. The molecule has 5 nitrogen and oxygen atoms in total. The average molecular weight is 358 g/mol. The van der Waals surface area contributed by atoms with E-state index in [4.69, 9.17) is 4.52 Å². The number of carbonyl (C=O) groups excluding carboxylic acids is 1. The number of nitrogens with zero attached hydrogens (tertiary/aromatic N) is 2. The van der Waals surface area contributed by atoms with Gasteiger partial charge >= 0.3 is 0 Å². The van der Waals surface area contributed by atoms with E-state index in [1.54, 1.807) is 17.4 Å². The SMILES string of the molecule is Cc1cc(NC(=O)[C@@H](C)N(C)Cc2cc(Br)cs2)on1. The third-order valence-corrected chi connectivity index (χ3v) is 4.62. The van der Waals surface area contributed by atoms with Gasteiger partial charge in [0.15, 0.2) is 0 Å². The van der Waals surface area contributed by atoms with Crippen LogP contribution in [0.25, 0.3) is 0 Å². The number of nitrogens with one attached hydrogen (secondary N) is 1. The summed E-state index contributed by atoms with van der Waals surface area (Å²) < 4.78 is 6.05. The number of likely N-dealkylation sites (N-methyl/N-ethyl adjacent to an activating group) is 1. The predicted octanol–water partition coefficient (Wildman–Crippen LogP) is 3.27. The van der Waals surface area contributed by atoms with Gasteiger partial charge in [0.05, 0.1) is 11.7 Å². The number of aryl methyl sites for hydroxylation is 1. The summed E-state index contributed by atoms with van der Waals surface area (Å²) in [6.07, 6.45) is 0. The third kappa shape index (κ3) is 3.91. The fourth-order valence-electron chi connectivity index (χ4n) is 1.67. The molecule has 2 aromatic rings. The van der Waals surface area contributed by atoms with Crippen LogP contribution in [0.1, 0.15) is 17.5 Å². The number of rotatable bonds is 5. The summed E-state index contributed by atoms with van der Waals surface area (Å²) in [4.78, 5) is 15.3. The Labute approximate surface area is 130 Å². The Kier molecular flexibility index (Phi) is 4.95. The Bertz CT molecular complexity index is 596. The maximum atomic E-state index is 12.1. The Morgan fingerprint density at radius 3 is 2.90 bits per heavy atom. The number of aromatic nitrogens is 1. The zero-order valence-corrected chi connectivity index (χ0v) is 13.9. The van der Waals surface area contributed by atoms with E-state index in [0.29, 0.717) is 5.88 Å². The molecule has 2 rings (SSSR count). The molecule has 108 valence electrons. The largest absolute Gasteiger partial charge is 0.338 e. The number of amides is 1. The molecule has 1 atom stereocenters. The number of hydrogen-bond donors (Lipinski definition) is 1. The number of thiophene rings is 1. The van der Waals surface area contributed by atoms with E-state index in [9.17, 15) is 4.79 Å². The van der Waals surface area contributed by atoms with Crippen LogP contribution in [-0.2, 0) is 11.3 Å². The van der Waals surface area contributed by atoms with Gasteiger partial charge in [-0.3, -0.25) is 15.0 Å². The quantitative estimate of drug-likeness (QED) is 0.891. The molecule has 0 aliphatic heterocycles. The van der Waals surface area contributed by atoms with E-state index in [1.165, 1.54) is 4.88 Å². The van der Waals surface area contributed by atoms with Crippen LogP contribution >= 0.6 is 27.3 Å².